The van der Waals surface area contributed by atoms with Crippen LogP contribution < -0.4 is 10.2 Å². The van der Waals surface area contributed by atoms with Crippen molar-refractivity contribution in [1.29, 1.82) is 0 Å². The molecule has 27 heavy (non-hydrogen) atoms. The molecule has 0 atom stereocenters. The van der Waals surface area contributed by atoms with Gasteiger partial charge in [0.05, 0.1) is 11.1 Å². The average molecular weight is 361 g/mol. The monoisotopic (exact) mass is 361 g/mol. The Morgan fingerprint density at radius 1 is 1.26 bits per heavy atom. The minimum Gasteiger partial charge on any atom is -0.373 e. The van der Waals surface area contributed by atoms with Crippen LogP contribution in [0, 0.1) is 6.92 Å². The molecule has 1 aromatic heterocycles. The molecule has 1 N–H and O–H groups in total. The maximum Gasteiger partial charge on any atom is 0.242 e. The number of aliphatic imine (C=N–C) groups is 1. The van der Waals surface area contributed by atoms with Gasteiger partial charge < -0.3 is 5.32 Å². The lowest BCUT2D eigenvalue weighted by molar-refractivity contribution is -0.121. The number of hydrogen-bond acceptors (Lipinski definition) is 5. The summed E-state index contributed by atoms with van der Waals surface area (Å²) in [5, 5.41) is 2.91. The molecule has 2 aromatic rings. The maximum atomic E-state index is 13.1. The summed E-state index contributed by atoms with van der Waals surface area (Å²) in [4.78, 5) is 27.7. The molecule has 1 amide bonds. The highest BCUT2D eigenvalue weighted by Crippen LogP contribution is 2.43. The topological polar surface area (TPSA) is 70.5 Å². The van der Waals surface area contributed by atoms with Gasteiger partial charge in [-0.25, -0.2) is 15.0 Å². The number of amidine groups is 1. The van der Waals surface area contributed by atoms with E-state index in [1.54, 1.807) is 29.6 Å². The third-order valence-corrected chi connectivity index (χ3v) is 4.65. The minimum absolute atomic E-state index is 0.0351. The molecule has 0 saturated heterocycles. The Morgan fingerprint density at radius 2 is 1.96 bits per heavy atom. The highest BCUT2D eigenvalue weighted by atomic mass is 16.2. The molecule has 0 fully saturated rings. The first kappa shape index (κ1) is 18.5. The third-order valence-electron chi connectivity index (χ3n) is 4.65. The predicted molar refractivity (Wildman–Crippen MR) is 109 cm³/mol. The summed E-state index contributed by atoms with van der Waals surface area (Å²) >= 11 is 0. The molecule has 0 aliphatic carbocycles. The Morgan fingerprint density at radius 3 is 2.59 bits per heavy atom. The van der Waals surface area contributed by atoms with Crippen molar-refractivity contribution in [2.45, 2.75) is 26.2 Å². The number of aromatic nitrogens is 2. The average Bonchev–Trinajstić information content (AvgIpc) is 2.86. The van der Waals surface area contributed by atoms with Crippen LogP contribution in [0.4, 0.5) is 5.69 Å². The predicted octanol–water partition coefficient (Wildman–Crippen LogP) is 3.35. The normalized spacial score (nSPS) is 15.4. The Labute approximate surface area is 159 Å². The zero-order valence-corrected chi connectivity index (χ0v) is 15.9. The fraction of sp³-hybridized carbons (Fsp3) is 0.238. The van der Waals surface area contributed by atoms with Gasteiger partial charge in [-0.3, -0.25) is 9.69 Å². The molecule has 2 heterocycles. The smallest absolute Gasteiger partial charge is 0.242 e. The number of fused-ring (bicyclic) bond motifs is 1. The van der Waals surface area contributed by atoms with Crippen LogP contribution in [0.2, 0.25) is 0 Å². The molecule has 6 nitrogen and oxygen atoms in total. The van der Waals surface area contributed by atoms with E-state index in [9.17, 15) is 4.79 Å². The van der Waals surface area contributed by atoms with E-state index in [-0.39, 0.29) is 5.91 Å². The van der Waals surface area contributed by atoms with Gasteiger partial charge in [0.1, 0.15) is 18.3 Å². The van der Waals surface area contributed by atoms with Crippen molar-refractivity contribution in [3.05, 3.63) is 67.4 Å². The van der Waals surface area contributed by atoms with Crippen LogP contribution in [0.25, 0.3) is 11.1 Å². The van der Waals surface area contributed by atoms with Crippen LogP contribution in [-0.2, 0) is 10.2 Å². The number of nitrogens with one attached hydrogen (secondary N) is 1. The van der Waals surface area contributed by atoms with Gasteiger partial charge in [0.2, 0.25) is 5.91 Å². The number of amides is 1. The fourth-order valence-corrected chi connectivity index (χ4v) is 3.12. The second kappa shape index (κ2) is 7.15. The zero-order valence-electron chi connectivity index (χ0n) is 15.9. The summed E-state index contributed by atoms with van der Waals surface area (Å²) in [6.07, 6.45) is 6.72. The van der Waals surface area contributed by atoms with Gasteiger partial charge in [0.15, 0.2) is 0 Å². The van der Waals surface area contributed by atoms with Gasteiger partial charge in [0, 0.05) is 18.0 Å². The molecule has 138 valence electrons. The highest BCUT2D eigenvalue weighted by molar-refractivity contribution is 6.27. The summed E-state index contributed by atoms with van der Waals surface area (Å²) in [6, 6.07) is 5.97. The van der Waals surface area contributed by atoms with Crippen LogP contribution in [0.15, 0.2) is 61.0 Å². The fourth-order valence-electron chi connectivity index (χ4n) is 3.12. The molecule has 1 aromatic carbocycles. The molecule has 0 spiro atoms. The van der Waals surface area contributed by atoms with Crippen molar-refractivity contribution in [3.8, 4) is 11.1 Å². The quantitative estimate of drug-likeness (QED) is 0.504. The van der Waals surface area contributed by atoms with Crippen molar-refractivity contribution in [2.75, 3.05) is 11.6 Å². The van der Waals surface area contributed by atoms with Crippen LogP contribution in [0.3, 0.4) is 0 Å². The number of aryl methyl sites for hydroxylation is 1. The lowest BCUT2D eigenvalue weighted by Gasteiger charge is -2.20. The van der Waals surface area contributed by atoms with E-state index < -0.39 is 5.41 Å². The zero-order chi connectivity index (χ0) is 19.6. The maximum absolute atomic E-state index is 13.1. The van der Waals surface area contributed by atoms with Crippen molar-refractivity contribution >= 4 is 17.4 Å². The van der Waals surface area contributed by atoms with Gasteiger partial charge in [-0.1, -0.05) is 25.3 Å². The molecule has 0 saturated carbocycles. The van der Waals surface area contributed by atoms with Crippen LogP contribution in [0.5, 0.6) is 0 Å². The largest absolute Gasteiger partial charge is 0.373 e. The Bertz CT molecular complexity index is 928. The van der Waals surface area contributed by atoms with Gasteiger partial charge in [-0.15, -0.1) is 0 Å². The summed E-state index contributed by atoms with van der Waals surface area (Å²) in [5.41, 5.74) is 2.95. The SMILES string of the molecule is C=CNC/N=C(\C=C)N1C(=O)C(C)(C)c2ccc(-c3cnc(C)nc3)cc21. The van der Waals surface area contributed by atoms with E-state index in [1.165, 1.54) is 0 Å². The van der Waals surface area contributed by atoms with E-state index in [4.69, 9.17) is 0 Å². The number of carbonyl (C=O) groups is 1. The van der Waals surface area contributed by atoms with E-state index in [2.05, 4.69) is 33.4 Å². The second-order valence-corrected chi connectivity index (χ2v) is 6.80. The van der Waals surface area contributed by atoms with Gasteiger partial charge in [-0.2, -0.15) is 0 Å². The third kappa shape index (κ3) is 3.26. The standard InChI is InChI=1S/C21H23N5O/c1-6-19(25-13-22-7-2)26-18-10-15(16-11-23-14(3)24-12-16)8-9-17(18)21(4,5)20(26)27/h6-12,22H,1-2,13H2,3-5H3/b25-19+. The molecule has 3 rings (SSSR count). The first-order chi connectivity index (χ1) is 12.9. The van der Waals surface area contributed by atoms with Crippen molar-refractivity contribution in [3.63, 3.8) is 0 Å². The molecular formula is C21H23N5O. The number of hydrogen-bond donors (Lipinski definition) is 1. The number of benzene rings is 1. The number of nitrogens with zero attached hydrogens (tertiary/aromatic N) is 4. The van der Waals surface area contributed by atoms with Gasteiger partial charge in [0.25, 0.3) is 0 Å². The molecule has 0 radical (unpaired) electrons. The molecule has 1 aliphatic rings. The molecule has 0 bridgehead atoms. The second-order valence-electron chi connectivity index (χ2n) is 6.80. The molecular weight excluding hydrogens is 338 g/mol. The van der Waals surface area contributed by atoms with Crippen LogP contribution >= 0.6 is 0 Å². The van der Waals surface area contributed by atoms with E-state index >= 15 is 0 Å². The minimum atomic E-state index is -0.646. The van der Waals surface area contributed by atoms with Crippen molar-refractivity contribution in [2.24, 2.45) is 4.99 Å². The van der Waals surface area contributed by atoms with E-state index in [0.29, 0.717) is 18.3 Å². The van der Waals surface area contributed by atoms with Gasteiger partial charge >= 0.3 is 0 Å². The number of anilines is 1. The van der Waals surface area contributed by atoms with Crippen molar-refractivity contribution in [1.82, 2.24) is 15.3 Å². The van der Waals surface area contributed by atoms with E-state index in [0.717, 1.165) is 22.4 Å². The lowest BCUT2D eigenvalue weighted by Crippen LogP contribution is -2.39. The first-order valence-corrected chi connectivity index (χ1v) is 8.69. The van der Waals surface area contributed by atoms with Gasteiger partial charge in [-0.05, 0) is 50.2 Å². The Kier molecular flexibility index (Phi) is 4.90. The number of carbonyl (C=O) groups excluding carboxylic acids is 1. The van der Waals surface area contributed by atoms with Crippen molar-refractivity contribution < 1.29 is 4.79 Å². The highest BCUT2D eigenvalue weighted by Gasteiger charge is 2.45. The van der Waals surface area contributed by atoms with Crippen LogP contribution in [-0.4, -0.2) is 28.4 Å². The van der Waals surface area contributed by atoms with E-state index in [1.807, 2.05) is 39.0 Å². The molecule has 0 unspecified atom stereocenters. The summed E-state index contributed by atoms with van der Waals surface area (Å²) in [5.74, 6) is 1.18. The van der Waals surface area contributed by atoms with Crippen LogP contribution in [0.1, 0.15) is 25.2 Å². The Hall–Kier alpha value is -3.28. The molecule has 1 aliphatic heterocycles. The summed E-state index contributed by atoms with van der Waals surface area (Å²) in [7, 11) is 0. The first-order valence-electron chi connectivity index (χ1n) is 8.69. The summed E-state index contributed by atoms with van der Waals surface area (Å²) in [6.45, 7) is 13.4. The number of rotatable bonds is 5. The molecule has 6 heteroatoms. The lowest BCUT2D eigenvalue weighted by atomic mass is 9.85. The summed E-state index contributed by atoms with van der Waals surface area (Å²) < 4.78 is 0. The Balaban J connectivity index is 2.11.